The van der Waals surface area contributed by atoms with Gasteiger partial charge in [-0.15, -0.1) is 0 Å². The predicted molar refractivity (Wildman–Crippen MR) is 75.0 cm³/mol. The molecule has 0 spiro atoms. The van der Waals surface area contributed by atoms with Gasteiger partial charge < -0.3 is 10.3 Å². The molecule has 120 valence electrons. The highest BCUT2D eigenvalue weighted by Gasteiger charge is 2.27. The maximum absolute atomic E-state index is 12.3. The molecule has 2 aromatic rings. The molecule has 1 aliphatic rings. The number of halogens is 3. The van der Waals surface area contributed by atoms with Crippen molar-refractivity contribution in [2.24, 2.45) is 0 Å². The molecule has 0 atom stereocenters. The minimum absolute atomic E-state index is 0.182. The van der Waals surface area contributed by atoms with E-state index in [4.69, 9.17) is 0 Å². The van der Waals surface area contributed by atoms with E-state index in [9.17, 15) is 18.0 Å². The maximum Gasteiger partial charge on any atom is 0.389 e. The standard InChI is InChI=1S/C14H17F3N4O/c15-14(16,17)4-1-10-7-12-19-13(22)8-11(21(12)20-10)9-2-5-18-6-3-9/h7-9,18H,1-6H2,(H,19,22). The second-order valence-corrected chi connectivity index (χ2v) is 5.63. The third kappa shape index (κ3) is 3.32. The lowest BCUT2D eigenvalue weighted by atomic mass is 9.94. The van der Waals surface area contributed by atoms with Crippen molar-refractivity contribution in [3.8, 4) is 0 Å². The second-order valence-electron chi connectivity index (χ2n) is 5.63. The molecule has 5 nitrogen and oxygen atoms in total. The molecule has 2 N–H and O–H groups in total. The number of hydrogen-bond donors (Lipinski definition) is 2. The zero-order valence-electron chi connectivity index (χ0n) is 11.9. The molecule has 0 radical (unpaired) electrons. The fourth-order valence-corrected chi connectivity index (χ4v) is 2.87. The van der Waals surface area contributed by atoms with Gasteiger partial charge in [0.15, 0.2) is 0 Å². The number of aryl methyl sites for hydroxylation is 1. The highest BCUT2D eigenvalue weighted by Crippen LogP contribution is 2.25. The van der Waals surface area contributed by atoms with Crippen LogP contribution in [0, 0.1) is 0 Å². The number of hydrogen-bond acceptors (Lipinski definition) is 3. The number of nitrogens with zero attached hydrogens (tertiary/aromatic N) is 2. The Morgan fingerprint density at radius 2 is 2.00 bits per heavy atom. The molecule has 0 bridgehead atoms. The zero-order chi connectivity index (χ0) is 15.7. The van der Waals surface area contributed by atoms with Crippen molar-refractivity contribution in [1.82, 2.24) is 19.9 Å². The van der Waals surface area contributed by atoms with Crippen molar-refractivity contribution in [1.29, 1.82) is 0 Å². The van der Waals surface area contributed by atoms with Gasteiger partial charge in [0.05, 0.1) is 11.4 Å². The van der Waals surface area contributed by atoms with E-state index in [0.717, 1.165) is 31.6 Å². The fraction of sp³-hybridized carbons (Fsp3) is 0.571. The Bertz CT molecular complexity index is 713. The van der Waals surface area contributed by atoms with E-state index in [0.29, 0.717) is 11.3 Å². The summed E-state index contributed by atoms with van der Waals surface area (Å²) in [5.74, 6) is 0.196. The summed E-state index contributed by atoms with van der Waals surface area (Å²) < 4.78 is 38.6. The summed E-state index contributed by atoms with van der Waals surface area (Å²) in [5, 5.41) is 7.51. The van der Waals surface area contributed by atoms with Gasteiger partial charge in [0.2, 0.25) is 0 Å². The Morgan fingerprint density at radius 3 is 2.68 bits per heavy atom. The van der Waals surface area contributed by atoms with Gasteiger partial charge in [0.25, 0.3) is 5.56 Å². The Morgan fingerprint density at radius 1 is 1.27 bits per heavy atom. The number of H-pyrrole nitrogens is 1. The van der Waals surface area contributed by atoms with Crippen molar-refractivity contribution >= 4 is 5.65 Å². The Kier molecular flexibility index (Phi) is 3.94. The lowest BCUT2D eigenvalue weighted by molar-refractivity contribution is -0.134. The first-order chi connectivity index (χ1) is 10.4. The van der Waals surface area contributed by atoms with E-state index in [-0.39, 0.29) is 17.9 Å². The van der Waals surface area contributed by atoms with Crippen molar-refractivity contribution in [3.05, 3.63) is 33.9 Å². The number of aromatic nitrogens is 3. The van der Waals surface area contributed by atoms with Crippen LogP contribution in [0.1, 0.15) is 36.6 Å². The summed E-state index contributed by atoms with van der Waals surface area (Å²) >= 11 is 0. The van der Waals surface area contributed by atoms with Crippen LogP contribution in [0.25, 0.3) is 5.65 Å². The molecule has 0 amide bonds. The molecule has 8 heteroatoms. The van der Waals surface area contributed by atoms with Crippen LogP contribution in [-0.4, -0.2) is 33.9 Å². The topological polar surface area (TPSA) is 62.2 Å². The molecule has 3 rings (SSSR count). The molecule has 1 fully saturated rings. The van der Waals surface area contributed by atoms with Gasteiger partial charge in [-0.1, -0.05) is 0 Å². The molecular formula is C14H17F3N4O. The molecule has 0 aromatic carbocycles. The summed E-state index contributed by atoms with van der Waals surface area (Å²) in [7, 11) is 0. The number of fused-ring (bicyclic) bond motifs is 1. The monoisotopic (exact) mass is 314 g/mol. The van der Waals surface area contributed by atoms with Crippen LogP contribution < -0.4 is 10.9 Å². The SMILES string of the molecule is O=c1cc(C2CCNCC2)n2nc(CCC(F)(F)F)cc2[nH]1. The third-order valence-corrected chi connectivity index (χ3v) is 3.96. The summed E-state index contributed by atoms with van der Waals surface area (Å²) in [6.45, 7) is 1.72. The van der Waals surface area contributed by atoms with E-state index in [2.05, 4.69) is 15.4 Å². The molecule has 0 unspecified atom stereocenters. The fourth-order valence-electron chi connectivity index (χ4n) is 2.87. The van der Waals surface area contributed by atoms with Crippen LogP contribution >= 0.6 is 0 Å². The molecule has 1 aliphatic heterocycles. The quantitative estimate of drug-likeness (QED) is 0.911. The first-order valence-corrected chi connectivity index (χ1v) is 7.32. The molecule has 0 aliphatic carbocycles. The highest BCUT2D eigenvalue weighted by atomic mass is 19.4. The minimum Gasteiger partial charge on any atom is -0.317 e. The molecule has 1 saturated heterocycles. The summed E-state index contributed by atoms with van der Waals surface area (Å²) in [5.41, 5.74) is 1.33. The smallest absolute Gasteiger partial charge is 0.317 e. The van der Waals surface area contributed by atoms with Crippen LogP contribution in [-0.2, 0) is 6.42 Å². The third-order valence-electron chi connectivity index (χ3n) is 3.96. The Hall–Kier alpha value is -1.83. The van der Waals surface area contributed by atoms with Gasteiger partial charge in [-0.05, 0) is 25.9 Å². The van der Waals surface area contributed by atoms with Gasteiger partial charge in [-0.25, -0.2) is 4.52 Å². The lowest BCUT2D eigenvalue weighted by Crippen LogP contribution is -2.28. The largest absolute Gasteiger partial charge is 0.389 e. The molecular weight excluding hydrogens is 297 g/mol. The summed E-state index contributed by atoms with van der Waals surface area (Å²) in [6, 6.07) is 3.03. The van der Waals surface area contributed by atoms with E-state index in [1.807, 2.05) is 0 Å². The van der Waals surface area contributed by atoms with Crippen LogP contribution in [0.3, 0.4) is 0 Å². The number of rotatable bonds is 3. The summed E-state index contributed by atoms with van der Waals surface area (Å²) in [6.07, 6.45) is -3.53. The molecule has 3 heterocycles. The predicted octanol–water partition coefficient (Wildman–Crippen LogP) is 1.98. The van der Waals surface area contributed by atoms with Gasteiger partial charge in [-0.2, -0.15) is 18.3 Å². The molecule has 0 saturated carbocycles. The first kappa shape index (κ1) is 15.1. The Labute approximate surface area is 124 Å². The highest BCUT2D eigenvalue weighted by molar-refractivity contribution is 5.41. The Balaban J connectivity index is 1.94. The average molecular weight is 314 g/mol. The van der Waals surface area contributed by atoms with Gasteiger partial charge in [0, 0.05) is 30.9 Å². The van der Waals surface area contributed by atoms with Crippen molar-refractivity contribution in [2.45, 2.75) is 37.8 Å². The van der Waals surface area contributed by atoms with E-state index < -0.39 is 12.6 Å². The van der Waals surface area contributed by atoms with Crippen molar-refractivity contribution in [3.63, 3.8) is 0 Å². The maximum atomic E-state index is 12.3. The van der Waals surface area contributed by atoms with Crippen molar-refractivity contribution < 1.29 is 13.2 Å². The van der Waals surface area contributed by atoms with Gasteiger partial charge >= 0.3 is 6.18 Å². The lowest BCUT2D eigenvalue weighted by Gasteiger charge is -2.23. The van der Waals surface area contributed by atoms with Gasteiger partial charge in [0.1, 0.15) is 5.65 Å². The normalized spacial score (nSPS) is 17.2. The number of nitrogens with one attached hydrogen (secondary N) is 2. The van der Waals surface area contributed by atoms with Crippen LogP contribution in [0.4, 0.5) is 13.2 Å². The average Bonchev–Trinajstić information content (AvgIpc) is 2.87. The van der Waals surface area contributed by atoms with Crippen molar-refractivity contribution in [2.75, 3.05) is 13.1 Å². The minimum atomic E-state index is -4.21. The number of aromatic amines is 1. The van der Waals surface area contributed by atoms with Crippen LogP contribution in [0.2, 0.25) is 0 Å². The first-order valence-electron chi connectivity index (χ1n) is 7.32. The number of piperidine rings is 1. The second kappa shape index (κ2) is 5.75. The number of alkyl halides is 3. The molecule has 2 aromatic heterocycles. The summed E-state index contributed by atoms with van der Waals surface area (Å²) in [4.78, 5) is 14.4. The van der Waals surface area contributed by atoms with E-state index in [1.165, 1.54) is 12.1 Å². The van der Waals surface area contributed by atoms with Crippen LogP contribution in [0.5, 0.6) is 0 Å². The molecule has 22 heavy (non-hydrogen) atoms. The zero-order valence-corrected chi connectivity index (χ0v) is 11.9. The van der Waals surface area contributed by atoms with Crippen LogP contribution in [0.15, 0.2) is 16.9 Å². The van der Waals surface area contributed by atoms with Gasteiger partial charge in [-0.3, -0.25) is 4.79 Å². The van der Waals surface area contributed by atoms with E-state index in [1.54, 1.807) is 4.52 Å². The van der Waals surface area contributed by atoms with E-state index >= 15 is 0 Å².